The lowest BCUT2D eigenvalue weighted by molar-refractivity contribution is -0.284. The molecule has 110 valence electrons. The summed E-state index contributed by atoms with van der Waals surface area (Å²) in [6.07, 6.45) is 7.76. The van der Waals surface area contributed by atoms with Crippen LogP contribution in [0.3, 0.4) is 0 Å². The zero-order valence-electron chi connectivity index (χ0n) is 11.9. The molecule has 3 rings (SSSR count). The quantitative estimate of drug-likeness (QED) is 0.502. The van der Waals surface area contributed by atoms with Crippen LogP contribution in [0.15, 0.2) is 0 Å². The van der Waals surface area contributed by atoms with Gasteiger partial charge in [0.1, 0.15) is 12.2 Å². The highest BCUT2D eigenvalue weighted by Gasteiger charge is 2.44. The molecule has 3 atom stereocenters. The van der Waals surface area contributed by atoms with Gasteiger partial charge in [0.15, 0.2) is 5.79 Å². The molecule has 2 aliphatic heterocycles. The molecule has 0 aromatic carbocycles. The Bertz CT molecular complexity index is 268. The van der Waals surface area contributed by atoms with Crippen molar-refractivity contribution in [1.82, 2.24) is 0 Å². The first-order valence-corrected chi connectivity index (χ1v) is 7.83. The van der Waals surface area contributed by atoms with E-state index < -0.39 is 0 Å². The van der Waals surface area contributed by atoms with Crippen molar-refractivity contribution in [3.05, 3.63) is 0 Å². The van der Waals surface area contributed by atoms with E-state index in [0.29, 0.717) is 31.3 Å². The predicted molar refractivity (Wildman–Crippen MR) is 71.0 cm³/mol. The van der Waals surface area contributed by atoms with Crippen molar-refractivity contribution in [2.45, 2.75) is 63.4 Å². The fourth-order valence-electron chi connectivity index (χ4n) is 3.12. The van der Waals surface area contributed by atoms with Gasteiger partial charge in [-0.15, -0.1) is 0 Å². The van der Waals surface area contributed by atoms with Crippen LogP contribution in [0.5, 0.6) is 0 Å². The molecule has 3 aliphatic rings. The molecule has 0 spiro atoms. The maximum absolute atomic E-state index is 6.24. The van der Waals surface area contributed by atoms with Crippen LogP contribution in [0.4, 0.5) is 0 Å². The molecule has 0 aromatic rings. The molecule has 1 aliphatic carbocycles. The molecular formula is C15H26O4. The number of rotatable bonds is 8. The topological polar surface area (TPSA) is 43.5 Å². The standard InChI is InChI=1S/C15H26O4/c1-2-5-12-6-3-4-7-15(12,18-10-13-8-16-13)19-11-14-9-17-14/h12-14H,2-11H2,1H3. The van der Waals surface area contributed by atoms with Gasteiger partial charge in [-0.2, -0.15) is 0 Å². The van der Waals surface area contributed by atoms with E-state index in [2.05, 4.69) is 6.92 Å². The molecule has 0 bridgehead atoms. The van der Waals surface area contributed by atoms with Crippen LogP contribution < -0.4 is 0 Å². The minimum absolute atomic E-state index is 0.307. The Hall–Kier alpha value is -0.160. The lowest BCUT2D eigenvalue weighted by Crippen LogP contribution is -2.47. The van der Waals surface area contributed by atoms with Gasteiger partial charge in [0.05, 0.1) is 26.4 Å². The third-order valence-corrected chi connectivity index (χ3v) is 4.42. The first-order chi connectivity index (χ1) is 9.32. The Morgan fingerprint density at radius 2 is 1.68 bits per heavy atom. The normalized spacial score (nSPS) is 41.2. The fourth-order valence-corrected chi connectivity index (χ4v) is 3.12. The maximum Gasteiger partial charge on any atom is 0.171 e. The average Bonchev–Trinajstić information content (AvgIpc) is 3.29. The summed E-state index contributed by atoms with van der Waals surface area (Å²) in [5.74, 6) is 0.162. The predicted octanol–water partition coefficient (Wildman–Crippen LogP) is 2.50. The first kappa shape index (κ1) is 13.8. The highest BCUT2D eigenvalue weighted by atomic mass is 16.7. The van der Waals surface area contributed by atoms with Crippen molar-refractivity contribution < 1.29 is 18.9 Å². The zero-order chi connectivity index (χ0) is 13.1. The van der Waals surface area contributed by atoms with E-state index in [4.69, 9.17) is 18.9 Å². The van der Waals surface area contributed by atoms with Gasteiger partial charge in [-0.25, -0.2) is 0 Å². The third kappa shape index (κ3) is 3.69. The van der Waals surface area contributed by atoms with Crippen LogP contribution in [-0.2, 0) is 18.9 Å². The SMILES string of the molecule is CCCC1CCCCC1(OCC1CO1)OCC1CO1. The highest BCUT2D eigenvalue weighted by molar-refractivity contribution is 4.86. The molecule has 2 saturated heterocycles. The van der Waals surface area contributed by atoms with Crippen molar-refractivity contribution in [3.8, 4) is 0 Å². The van der Waals surface area contributed by atoms with Gasteiger partial charge < -0.3 is 18.9 Å². The molecule has 1 saturated carbocycles. The van der Waals surface area contributed by atoms with Crippen molar-refractivity contribution >= 4 is 0 Å². The summed E-state index contributed by atoms with van der Waals surface area (Å²) in [6.45, 7) is 5.31. The second-order valence-electron chi connectivity index (χ2n) is 6.08. The molecule has 4 heteroatoms. The minimum atomic E-state index is -0.369. The van der Waals surface area contributed by atoms with Gasteiger partial charge >= 0.3 is 0 Å². The van der Waals surface area contributed by atoms with Crippen molar-refractivity contribution in [1.29, 1.82) is 0 Å². The van der Waals surface area contributed by atoms with Crippen LogP contribution in [0.1, 0.15) is 45.4 Å². The molecular weight excluding hydrogens is 244 g/mol. The van der Waals surface area contributed by atoms with E-state index >= 15 is 0 Å². The van der Waals surface area contributed by atoms with Crippen LogP contribution >= 0.6 is 0 Å². The number of ether oxygens (including phenoxy) is 4. The molecule has 0 amide bonds. The summed E-state index contributed by atoms with van der Waals surface area (Å²) in [6, 6.07) is 0. The molecule has 0 aromatic heterocycles. The van der Waals surface area contributed by atoms with E-state index in [-0.39, 0.29) is 5.79 Å². The third-order valence-electron chi connectivity index (χ3n) is 4.42. The Morgan fingerprint density at radius 1 is 1.05 bits per heavy atom. The maximum atomic E-state index is 6.24. The van der Waals surface area contributed by atoms with Gasteiger partial charge in [0, 0.05) is 12.3 Å². The second kappa shape index (κ2) is 6.08. The van der Waals surface area contributed by atoms with Gasteiger partial charge in [-0.1, -0.05) is 19.8 Å². The summed E-state index contributed by atoms with van der Waals surface area (Å²) < 4.78 is 23.0. The Morgan fingerprint density at radius 3 is 2.21 bits per heavy atom. The monoisotopic (exact) mass is 270 g/mol. The average molecular weight is 270 g/mol. The number of epoxide rings is 2. The van der Waals surface area contributed by atoms with E-state index in [1.807, 2.05) is 0 Å². The molecule has 3 fully saturated rings. The van der Waals surface area contributed by atoms with Gasteiger partial charge in [0.2, 0.25) is 0 Å². The minimum Gasteiger partial charge on any atom is -0.371 e. The van der Waals surface area contributed by atoms with Crippen molar-refractivity contribution in [2.75, 3.05) is 26.4 Å². The van der Waals surface area contributed by atoms with Gasteiger partial charge in [-0.05, 0) is 19.3 Å². The molecule has 3 unspecified atom stereocenters. The van der Waals surface area contributed by atoms with Gasteiger partial charge in [0.25, 0.3) is 0 Å². The summed E-state index contributed by atoms with van der Waals surface area (Å²) >= 11 is 0. The van der Waals surface area contributed by atoms with Crippen LogP contribution in [-0.4, -0.2) is 44.4 Å². The summed E-state index contributed by atoms with van der Waals surface area (Å²) in [5, 5.41) is 0. The van der Waals surface area contributed by atoms with E-state index in [9.17, 15) is 0 Å². The summed E-state index contributed by atoms with van der Waals surface area (Å²) in [4.78, 5) is 0. The van der Waals surface area contributed by atoms with Crippen molar-refractivity contribution in [2.24, 2.45) is 5.92 Å². The molecule has 19 heavy (non-hydrogen) atoms. The summed E-state index contributed by atoms with van der Waals surface area (Å²) in [5.41, 5.74) is 0. The second-order valence-corrected chi connectivity index (χ2v) is 6.08. The lowest BCUT2D eigenvalue weighted by Gasteiger charge is -2.43. The summed E-state index contributed by atoms with van der Waals surface area (Å²) in [7, 11) is 0. The number of hydrogen-bond acceptors (Lipinski definition) is 4. The van der Waals surface area contributed by atoms with Crippen LogP contribution in [0.25, 0.3) is 0 Å². The van der Waals surface area contributed by atoms with E-state index in [0.717, 1.165) is 19.6 Å². The van der Waals surface area contributed by atoms with Gasteiger partial charge in [-0.3, -0.25) is 0 Å². The molecule has 2 heterocycles. The largest absolute Gasteiger partial charge is 0.371 e. The lowest BCUT2D eigenvalue weighted by atomic mass is 9.80. The van der Waals surface area contributed by atoms with Crippen LogP contribution in [0, 0.1) is 5.92 Å². The Balaban J connectivity index is 1.62. The molecule has 0 radical (unpaired) electrons. The smallest absolute Gasteiger partial charge is 0.171 e. The highest BCUT2D eigenvalue weighted by Crippen LogP contribution is 2.41. The Labute approximate surface area is 115 Å². The van der Waals surface area contributed by atoms with Crippen molar-refractivity contribution in [3.63, 3.8) is 0 Å². The van der Waals surface area contributed by atoms with Crippen LogP contribution in [0.2, 0.25) is 0 Å². The van der Waals surface area contributed by atoms with E-state index in [1.165, 1.54) is 32.1 Å². The number of hydrogen-bond donors (Lipinski definition) is 0. The Kier molecular flexibility index (Phi) is 4.42. The first-order valence-electron chi connectivity index (χ1n) is 7.83. The molecule has 0 N–H and O–H groups in total. The molecule has 4 nitrogen and oxygen atoms in total. The zero-order valence-corrected chi connectivity index (χ0v) is 11.9. The fraction of sp³-hybridized carbons (Fsp3) is 1.00. The van der Waals surface area contributed by atoms with E-state index in [1.54, 1.807) is 0 Å².